The van der Waals surface area contributed by atoms with Crippen LogP contribution in [-0.2, 0) is 0 Å². The maximum atomic E-state index is 11.2. The molecule has 86 valence electrons. The van der Waals surface area contributed by atoms with Crippen molar-refractivity contribution in [2.45, 2.75) is 6.92 Å². The zero-order valence-corrected chi connectivity index (χ0v) is 10.9. The van der Waals surface area contributed by atoms with Crippen LogP contribution in [-0.4, -0.2) is 11.1 Å². The first-order valence-corrected chi connectivity index (χ1v) is 5.97. The van der Waals surface area contributed by atoms with Gasteiger partial charge in [0.05, 0.1) is 5.56 Å². The topological polar surface area (TPSA) is 37.3 Å². The van der Waals surface area contributed by atoms with E-state index in [9.17, 15) is 4.79 Å². The molecule has 0 saturated heterocycles. The van der Waals surface area contributed by atoms with Crippen molar-refractivity contribution < 1.29 is 9.90 Å². The highest BCUT2D eigenvalue weighted by molar-refractivity contribution is 9.10. The second-order valence-corrected chi connectivity index (χ2v) is 4.78. The monoisotopic (exact) mass is 290 g/mol. The van der Waals surface area contributed by atoms with Crippen LogP contribution in [0.2, 0.25) is 0 Å². The fourth-order valence-electron chi connectivity index (χ4n) is 1.67. The van der Waals surface area contributed by atoms with Crippen molar-refractivity contribution in [3.63, 3.8) is 0 Å². The summed E-state index contributed by atoms with van der Waals surface area (Å²) >= 11 is 3.36. The number of aromatic carboxylic acids is 1. The molecule has 0 radical (unpaired) electrons. The van der Waals surface area contributed by atoms with Crippen LogP contribution in [0, 0.1) is 6.92 Å². The van der Waals surface area contributed by atoms with Crippen molar-refractivity contribution in [1.29, 1.82) is 0 Å². The first-order valence-electron chi connectivity index (χ1n) is 5.18. The highest BCUT2D eigenvalue weighted by Crippen LogP contribution is 2.27. The molecule has 0 spiro atoms. The highest BCUT2D eigenvalue weighted by Gasteiger charge is 2.11. The minimum absolute atomic E-state index is 0.317. The van der Waals surface area contributed by atoms with Crippen LogP contribution >= 0.6 is 15.9 Å². The van der Waals surface area contributed by atoms with E-state index in [1.165, 1.54) is 0 Å². The fraction of sp³-hybridized carbons (Fsp3) is 0.0714. The van der Waals surface area contributed by atoms with Crippen molar-refractivity contribution >= 4 is 21.9 Å². The standard InChI is InChI=1S/C14H11BrO2/c1-9-2-4-10(5-3-9)13-8-11(15)6-7-12(13)14(16)17/h2-8H,1H3,(H,16,17). The van der Waals surface area contributed by atoms with Gasteiger partial charge in [0, 0.05) is 4.47 Å². The number of hydrogen-bond acceptors (Lipinski definition) is 1. The van der Waals surface area contributed by atoms with Crippen molar-refractivity contribution in [3.05, 3.63) is 58.1 Å². The smallest absolute Gasteiger partial charge is 0.336 e. The number of benzene rings is 2. The summed E-state index contributed by atoms with van der Waals surface area (Å²) in [6.07, 6.45) is 0. The molecule has 0 aliphatic rings. The van der Waals surface area contributed by atoms with E-state index in [0.29, 0.717) is 5.56 Å². The molecule has 2 rings (SSSR count). The lowest BCUT2D eigenvalue weighted by atomic mass is 9.99. The summed E-state index contributed by atoms with van der Waals surface area (Å²) in [4.78, 5) is 11.2. The molecule has 0 aromatic heterocycles. The molecule has 1 N–H and O–H groups in total. The van der Waals surface area contributed by atoms with Gasteiger partial charge in [0.1, 0.15) is 0 Å². The molecule has 3 heteroatoms. The molecule has 0 aliphatic carbocycles. The maximum absolute atomic E-state index is 11.2. The normalized spacial score (nSPS) is 10.2. The predicted octanol–water partition coefficient (Wildman–Crippen LogP) is 4.12. The Morgan fingerprint density at radius 3 is 2.35 bits per heavy atom. The Bertz CT molecular complexity index is 559. The number of aryl methyl sites for hydroxylation is 1. The average Bonchev–Trinajstić information content (AvgIpc) is 2.29. The van der Waals surface area contributed by atoms with Gasteiger partial charge in [-0.05, 0) is 36.2 Å². The molecule has 17 heavy (non-hydrogen) atoms. The molecule has 0 amide bonds. The minimum atomic E-state index is -0.909. The van der Waals surface area contributed by atoms with Crippen molar-refractivity contribution in [2.24, 2.45) is 0 Å². The second kappa shape index (κ2) is 4.72. The molecule has 0 atom stereocenters. The SMILES string of the molecule is Cc1ccc(-c2cc(Br)ccc2C(=O)O)cc1. The van der Waals surface area contributed by atoms with Gasteiger partial charge in [0.25, 0.3) is 0 Å². The average molecular weight is 291 g/mol. The highest BCUT2D eigenvalue weighted by atomic mass is 79.9. The summed E-state index contributed by atoms with van der Waals surface area (Å²) in [5.41, 5.74) is 3.11. The maximum Gasteiger partial charge on any atom is 0.336 e. The van der Waals surface area contributed by atoms with E-state index >= 15 is 0 Å². The number of carboxylic acids is 1. The quantitative estimate of drug-likeness (QED) is 0.903. The van der Waals surface area contributed by atoms with Crippen LogP contribution < -0.4 is 0 Å². The predicted molar refractivity (Wildman–Crippen MR) is 71.3 cm³/mol. The van der Waals surface area contributed by atoms with E-state index in [1.54, 1.807) is 12.1 Å². The zero-order chi connectivity index (χ0) is 12.4. The van der Waals surface area contributed by atoms with Crippen LogP contribution in [0.3, 0.4) is 0 Å². The molecule has 0 saturated carbocycles. The minimum Gasteiger partial charge on any atom is -0.478 e. The Labute approximate surface area is 108 Å². The summed E-state index contributed by atoms with van der Waals surface area (Å²) in [6, 6.07) is 13.0. The Balaban J connectivity index is 2.60. The third-order valence-corrected chi connectivity index (χ3v) is 3.07. The van der Waals surface area contributed by atoms with Crippen molar-refractivity contribution in [3.8, 4) is 11.1 Å². The molecule has 0 heterocycles. The lowest BCUT2D eigenvalue weighted by Crippen LogP contribution is -1.99. The van der Waals surface area contributed by atoms with E-state index in [1.807, 2.05) is 37.3 Å². The largest absolute Gasteiger partial charge is 0.478 e. The zero-order valence-electron chi connectivity index (χ0n) is 9.27. The van der Waals surface area contributed by atoms with E-state index in [4.69, 9.17) is 5.11 Å². The molecular weight excluding hydrogens is 280 g/mol. The lowest BCUT2D eigenvalue weighted by Gasteiger charge is -2.07. The van der Waals surface area contributed by atoms with Crippen molar-refractivity contribution in [2.75, 3.05) is 0 Å². The molecule has 2 aromatic carbocycles. The van der Waals surface area contributed by atoms with Gasteiger partial charge in [-0.25, -0.2) is 4.79 Å². The first-order chi connectivity index (χ1) is 8.08. The molecule has 0 fully saturated rings. The Kier molecular flexibility index (Phi) is 3.29. The van der Waals surface area contributed by atoms with Gasteiger partial charge < -0.3 is 5.11 Å². The summed E-state index contributed by atoms with van der Waals surface area (Å²) in [5, 5.41) is 9.16. The van der Waals surface area contributed by atoms with Crippen molar-refractivity contribution in [1.82, 2.24) is 0 Å². The molecule has 0 unspecified atom stereocenters. The number of halogens is 1. The molecule has 2 aromatic rings. The number of hydrogen-bond donors (Lipinski definition) is 1. The van der Waals surface area contributed by atoms with Gasteiger partial charge in [-0.3, -0.25) is 0 Å². The summed E-state index contributed by atoms with van der Waals surface area (Å²) in [7, 11) is 0. The van der Waals surface area contributed by atoms with Gasteiger partial charge in [-0.2, -0.15) is 0 Å². The fourth-order valence-corrected chi connectivity index (χ4v) is 2.04. The number of carboxylic acid groups (broad SMARTS) is 1. The van der Waals surface area contributed by atoms with E-state index in [2.05, 4.69) is 15.9 Å². The van der Waals surface area contributed by atoms with Gasteiger partial charge >= 0.3 is 5.97 Å². The lowest BCUT2D eigenvalue weighted by molar-refractivity contribution is 0.0697. The van der Waals surface area contributed by atoms with Crippen LogP contribution in [0.4, 0.5) is 0 Å². The van der Waals surface area contributed by atoms with Crippen LogP contribution in [0.1, 0.15) is 15.9 Å². The number of carbonyl (C=O) groups is 1. The van der Waals surface area contributed by atoms with E-state index < -0.39 is 5.97 Å². The summed E-state index contributed by atoms with van der Waals surface area (Å²) in [5.74, 6) is -0.909. The van der Waals surface area contributed by atoms with Crippen LogP contribution in [0.25, 0.3) is 11.1 Å². The van der Waals surface area contributed by atoms with Gasteiger partial charge in [0.2, 0.25) is 0 Å². The third-order valence-electron chi connectivity index (χ3n) is 2.57. The summed E-state index contributed by atoms with van der Waals surface area (Å²) < 4.78 is 0.873. The van der Waals surface area contributed by atoms with E-state index in [0.717, 1.165) is 21.2 Å². The molecule has 0 bridgehead atoms. The second-order valence-electron chi connectivity index (χ2n) is 3.86. The molecular formula is C14H11BrO2. The van der Waals surface area contributed by atoms with Gasteiger partial charge in [-0.15, -0.1) is 0 Å². The molecule has 2 nitrogen and oxygen atoms in total. The third kappa shape index (κ3) is 2.56. The molecule has 0 aliphatic heterocycles. The van der Waals surface area contributed by atoms with Gasteiger partial charge in [0.15, 0.2) is 0 Å². The number of rotatable bonds is 2. The first kappa shape index (κ1) is 11.9. The van der Waals surface area contributed by atoms with Gasteiger partial charge in [-0.1, -0.05) is 45.8 Å². The Hall–Kier alpha value is -1.61. The van der Waals surface area contributed by atoms with Crippen LogP contribution in [0.15, 0.2) is 46.9 Å². The Morgan fingerprint density at radius 2 is 1.76 bits per heavy atom. The summed E-state index contributed by atoms with van der Waals surface area (Å²) in [6.45, 7) is 2.00. The van der Waals surface area contributed by atoms with E-state index in [-0.39, 0.29) is 0 Å². The van der Waals surface area contributed by atoms with Crippen LogP contribution in [0.5, 0.6) is 0 Å². The Morgan fingerprint density at radius 1 is 1.12 bits per heavy atom.